The van der Waals surface area contributed by atoms with Gasteiger partial charge in [-0.25, -0.2) is 0 Å². The predicted octanol–water partition coefficient (Wildman–Crippen LogP) is 4.14. The minimum Gasteiger partial charge on any atom is -0.393 e. The molecule has 0 heterocycles. The van der Waals surface area contributed by atoms with Crippen LogP contribution in [0, 0.1) is 34.5 Å². The summed E-state index contributed by atoms with van der Waals surface area (Å²) in [4.78, 5) is 0. The average molecular weight is 306 g/mol. The molecule has 0 radical (unpaired) electrons. The Morgan fingerprint density at radius 3 is 2.45 bits per heavy atom. The van der Waals surface area contributed by atoms with Crippen molar-refractivity contribution in [1.29, 1.82) is 0 Å². The van der Waals surface area contributed by atoms with Gasteiger partial charge in [0.25, 0.3) is 0 Å². The zero-order valence-corrected chi connectivity index (χ0v) is 14.6. The van der Waals surface area contributed by atoms with Gasteiger partial charge in [-0.15, -0.1) is 0 Å². The quantitative estimate of drug-likeness (QED) is 0.706. The molecule has 2 N–H and O–H groups in total. The molecule has 8 atom stereocenters. The predicted molar refractivity (Wildman–Crippen MR) is 88.4 cm³/mol. The first-order valence-corrected chi connectivity index (χ1v) is 9.70. The summed E-state index contributed by atoms with van der Waals surface area (Å²) in [5, 5.41) is 22.1. The second-order valence-corrected chi connectivity index (χ2v) is 9.82. The molecule has 4 rings (SSSR count). The maximum absolute atomic E-state index is 11.1. The molecule has 0 bridgehead atoms. The molecule has 0 unspecified atom stereocenters. The molecule has 126 valence electrons. The third-order valence-electron chi connectivity index (χ3n) is 9.08. The highest BCUT2D eigenvalue weighted by Crippen LogP contribution is 2.68. The SMILES string of the molecule is C[C@]12CCCC[C@H]1CC[C@@H]1[C@@H]2[C@H](O)C[C@@]2(C)[C@H]1CC[C@@]2(C)O. The molecular weight excluding hydrogens is 272 g/mol. The molecule has 22 heavy (non-hydrogen) atoms. The van der Waals surface area contributed by atoms with E-state index in [1.54, 1.807) is 0 Å². The van der Waals surface area contributed by atoms with Gasteiger partial charge in [0, 0.05) is 5.41 Å². The van der Waals surface area contributed by atoms with E-state index in [2.05, 4.69) is 13.8 Å². The van der Waals surface area contributed by atoms with Crippen molar-refractivity contribution in [2.24, 2.45) is 34.5 Å². The maximum Gasteiger partial charge on any atom is 0.0676 e. The molecule has 2 nitrogen and oxygen atoms in total. The summed E-state index contributed by atoms with van der Waals surface area (Å²) in [6, 6.07) is 0. The van der Waals surface area contributed by atoms with Crippen molar-refractivity contribution in [2.75, 3.05) is 0 Å². The van der Waals surface area contributed by atoms with Crippen LogP contribution in [0.25, 0.3) is 0 Å². The van der Waals surface area contributed by atoms with Gasteiger partial charge < -0.3 is 10.2 Å². The van der Waals surface area contributed by atoms with Crippen molar-refractivity contribution in [1.82, 2.24) is 0 Å². The van der Waals surface area contributed by atoms with Gasteiger partial charge >= 0.3 is 0 Å². The molecule has 4 fully saturated rings. The van der Waals surface area contributed by atoms with E-state index < -0.39 is 5.60 Å². The van der Waals surface area contributed by atoms with E-state index in [-0.39, 0.29) is 11.5 Å². The van der Waals surface area contributed by atoms with Crippen LogP contribution in [-0.2, 0) is 0 Å². The van der Waals surface area contributed by atoms with Crippen LogP contribution in [0.15, 0.2) is 0 Å². The van der Waals surface area contributed by atoms with Crippen LogP contribution in [0.3, 0.4) is 0 Å². The Balaban J connectivity index is 1.71. The van der Waals surface area contributed by atoms with E-state index in [1.165, 1.54) is 38.5 Å². The number of rotatable bonds is 0. The Morgan fingerprint density at radius 1 is 0.909 bits per heavy atom. The molecule has 0 spiro atoms. The van der Waals surface area contributed by atoms with Crippen LogP contribution in [0.1, 0.15) is 78.6 Å². The minimum atomic E-state index is -0.589. The van der Waals surface area contributed by atoms with Crippen LogP contribution in [0.5, 0.6) is 0 Å². The summed E-state index contributed by atoms with van der Waals surface area (Å²) in [6.45, 7) is 6.78. The van der Waals surface area contributed by atoms with Gasteiger partial charge in [0.2, 0.25) is 0 Å². The van der Waals surface area contributed by atoms with Gasteiger partial charge in [0.1, 0.15) is 0 Å². The lowest BCUT2D eigenvalue weighted by atomic mass is 9.44. The van der Waals surface area contributed by atoms with E-state index in [0.717, 1.165) is 25.2 Å². The van der Waals surface area contributed by atoms with Gasteiger partial charge in [0.15, 0.2) is 0 Å². The molecule has 0 aromatic heterocycles. The van der Waals surface area contributed by atoms with Gasteiger partial charge in [-0.3, -0.25) is 0 Å². The third kappa shape index (κ3) is 1.80. The van der Waals surface area contributed by atoms with E-state index in [0.29, 0.717) is 23.2 Å². The summed E-state index contributed by atoms with van der Waals surface area (Å²) in [5.41, 5.74) is -0.310. The highest BCUT2D eigenvalue weighted by Gasteiger charge is 2.65. The van der Waals surface area contributed by atoms with Crippen molar-refractivity contribution in [2.45, 2.75) is 90.3 Å². The maximum atomic E-state index is 11.1. The zero-order chi connectivity index (χ0) is 15.8. The van der Waals surface area contributed by atoms with Crippen LogP contribution in [0.4, 0.5) is 0 Å². The molecule has 0 saturated heterocycles. The first-order valence-electron chi connectivity index (χ1n) is 9.70. The van der Waals surface area contributed by atoms with Gasteiger partial charge in [-0.1, -0.05) is 26.7 Å². The Morgan fingerprint density at radius 2 is 1.68 bits per heavy atom. The molecule has 0 aliphatic heterocycles. The highest BCUT2D eigenvalue weighted by atomic mass is 16.3. The van der Waals surface area contributed by atoms with Gasteiger partial charge in [-0.05, 0) is 81.0 Å². The lowest BCUT2D eigenvalue weighted by Crippen LogP contribution is -2.60. The summed E-state index contributed by atoms with van der Waals surface area (Å²) < 4.78 is 0. The fraction of sp³-hybridized carbons (Fsp3) is 1.00. The number of hydrogen-bond donors (Lipinski definition) is 2. The molecule has 4 aliphatic rings. The Hall–Kier alpha value is -0.0800. The first-order chi connectivity index (χ1) is 10.3. The first kappa shape index (κ1) is 15.4. The van der Waals surface area contributed by atoms with Crippen molar-refractivity contribution in [3.63, 3.8) is 0 Å². The molecule has 0 amide bonds. The second-order valence-electron chi connectivity index (χ2n) is 9.82. The fourth-order valence-electron chi connectivity index (χ4n) is 7.64. The van der Waals surface area contributed by atoms with Crippen molar-refractivity contribution < 1.29 is 10.2 Å². The van der Waals surface area contributed by atoms with Gasteiger partial charge in [0.05, 0.1) is 11.7 Å². The van der Waals surface area contributed by atoms with E-state index in [1.807, 2.05) is 6.92 Å². The standard InChI is InChI=1S/C20H34O2/c1-18-10-5-4-6-13(18)7-8-14-15-9-11-20(3,22)19(15,2)12-16(21)17(14)18/h13-17,21-22H,4-12H2,1-3H3/t13-,14-,15-,16+,17+,18-,19-,20+/m0/s1. The molecule has 2 heteroatoms. The molecule has 0 aromatic rings. The summed E-state index contributed by atoms with van der Waals surface area (Å²) in [6.07, 6.45) is 10.8. The number of hydrogen-bond acceptors (Lipinski definition) is 2. The molecule has 4 saturated carbocycles. The van der Waals surface area contributed by atoms with E-state index in [9.17, 15) is 10.2 Å². The van der Waals surface area contributed by atoms with Crippen LogP contribution < -0.4 is 0 Å². The average Bonchev–Trinajstić information content (AvgIpc) is 2.68. The molecular formula is C20H34O2. The Kier molecular flexibility index (Phi) is 3.32. The molecule has 0 aromatic carbocycles. The minimum absolute atomic E-state index is 0.0779. The van der Waals surface area contributed by atoms with Crippen LogP contribution in [0.2, 0.25) is 0 Å². The summed E-state index contributed by atoms with van der Waals surface area (Å²) >= 11 is 0. The number of fused-ring (bicyclic) bond motifs is 5. The number of aliphatic hydroxyl groups excluding tert-OH is 1. The van der Waals surface area contributed by atoms with Crippen molar-refractivity contribution in [3.8, 4) is 0 Å². The zero-order valence-electron chi connectivity index (χ0n) is 14.6. The Labute approximate surface area is 135 Å². The lowest BCUT2D eigenvalue weighted by molar-refractivity contribution is -0.192. The van der Waals surface area contributed by atoms with Crippen LogP contribution in [-0.4, -0.2) is 21.9 Å². The third-order valence-corrected chi connectivity index (χ3v) is 9.08. The van der Waals surface area contributed by atoms with Gasteiger partial charge in [-0.2, -0.15) is 0 Å². The lowest BCUT2D eigenvalue weighted by Gasteiger charge is -2.62. The van der Waals surface area contributed by atoms with Crippen molar-refractivity contribution in [3.05, 3.63) is 0 Å². The van der Waals surface area contributed by atoms with Crippen LogP contribution >= 0.6 is 0 Å². The largest absolute Gasteiger partial charge is 0.393 e. The Bertz CT molecular complexity index is 459. The number of aliphatic hydroxyl groups is 2. The highest BCUT2D eigenvalue weighted by molar-refractivity contribution is 5.14. The summed E-state index contributed by atoms with van der Waals surface area (Å²) in [7, 11) is 0. The molecule has 4 aliphatic carbocycles. The topological polar surface area (TPSA) is 40.5 Å². The summed E-state index contributed by atoms with van der Waals surface area (Å²) in [5.74, 6) is 2.58. The monoisotopic (exact) mass is 306 g/mol. The normalized spacial score (nSPS) is 61.2. The van der Waals surface area contributed by atoms with E-state index >= 15 is 0 Å². The van der Waals surface area contributed by atoms with E-state index in [4.69, 9.17) is 0 Å². The smallest absolute Gasteiger partial charge is 0.0676 e. The second kappa shape index (κ2) is 4.72. The van der Waals surface area contributed by atoms with Crippen molar-refractivity contribution >= 4 is 0 Å². The fourth-order valence-corrected chi connectivity index (χ4v) is 7.64.